The van der Waals surface area contributed by atoms with E-state index in [1.807, 2.05) is 0 Å². The van der Waals surface area contributed by atoms with Gasteiger partial charge in [0.05, 0.1) is 11.7 Å². The number of ether oxygens (including phenoxy) is 1. The van der Waals surface area contributed by atoms with E-state index in [0.717, 1.165) is 5.39 Å². The zero-order chi connectivity index (χ0) is 13.2. The van der Waals surface area contributed by atoms with Crippen molar-refractivity contribution in [2.75, 3.05) is 5.73 Å². The number of rotatable bonds is 2. The van der Waals surface area contributed by atoms with Crippen LogP contribution in [0.4, 0.5) is 5.82 Å². The summed E-state index contributed by atoms with van der Waals surface area (Å²) in [7, 11) is 0. The number of phenolic OH excluding ortho intramolecular Hbond substituents is 1. The number of anilines is 1. The Morgan fingerprint density at radius 1 is 1.05 bits per heavy atom. The Bertz CT molecular complexity index is 726. The van der Waals surface area contributed by atoms with Gasteiger partial charge < -0.3 is 15.6 Å². The molecule has 3 N–H and O–H groups in total. The van der Waals surface area contributed by atoms with Gasteiger partial charge >= 0.3 is 0 Å². The third-order valence-corrected chi connectivity index (χ3v) is 2.67. The molecule has 0 aliphatic rings. The van der Waals surface area contributed by atoms with E-state index >= 15 is 0 Å². The van der Waals surface area contributed by atoms with Crippen LogP contribution in [0.2, 0.25) is 0 Å². The van der Waals surface area contributed by atoms with E-state index < -0.39 is 0 Å². The van der Waals surface area contributed by atoms with Gasteiger partial charge in [-0.05, 0) is 30.3 Å². The van der Waals surface area contributed by atoms with Crippen LogP contribution in [0.3, 0.4) is 0 Å². The van der Waals surface area contributed by atoms with Crippen molar-refractivity contribution in [2.45, 2.75) is 0 Å². The Kier molecular flexibility index (Phi) is 2.64. The molecule has 94 valence electrons. The van der Waals surface area contributed by atoms with E-state index in [4.69, 9.17) is 10.5 Å². The molecule has 0 unspecified atom stereocenters. The first-order valence-electron chi connectivity index (χ1n) is 5.69. The number of fused-ring (bicyclic) bond motifs is 1. The summed E-state index contributed by atoms with van der Waals surface area (Å²) >= 11 is 0. The third-order valence-electron chi connectivity index (χ3n) is 2.67. The van der Waals surface area contributed by atoms with Crippen molar-refractivity contribution >= 4 is 16.7 Å². The summed E-state index contributed by atoms with van der Waals surface area (Å²) in [6, 6.07) is 10.1. The molecule has 2 heterocycles. The summed E-state index contributed by atoms with van der Waals surface area (Å²) in [4.78, 5) is 8.15. The summed E-state index contributed by atoms with van der Waals surface area (Å²) in [6.07, 6.45) is 3.18. The van der Waals surface area contributed by atoms with Crippen molar-refractivity contribution in [1.82, 2.24) is 9.97 Å². The molecule has 5 nitrogen and oxygen atoms in total. The van der Waals surface area contributed by atoms with Crippen molar-refractivity contribution < 1.29 is 9.84 Å². The van der Waals surface area contributed by atoms with Crippen molar-refractivity contribution in [3.8, 4) is 17.2 Å². The molecule has 0 spiro atoms. The van der Waals surface area contributed by atoms with Gasteiger partial charge in [0.25, 0.3) is 0 Å². The summed E-state index contributed by atoms with van der Waals surface area (Å²) in [5, 5.41) is 10.3. The van der Waals surface area contributed by atoms with Crippen LogP contribution in [0.1, 0.15) is 0 Å². The smallest absolute Gasteiger partial charge is 0.145 e. The number of hydrogen-bond donors (Lipinski definition) is 2. The zero-order valence-corrected chi connectivity index (χ0v) is 9.95. The largest absolute Gasteiger partial charge is 0.508 e. The van der Waals surface area contributed by atoms with Crippen LogP contribution in [-0.4, -0.2) is 15.1 Å². The molecule has 0 radical (unpaired) electrons. The molecule has 0 amide bonds. The lowest BCUT2D eigenvalue weighted by atomic mass is 10.2. The minimum atomic E-state index is 0.173. The standard InChI is InChI=1S/C14H11N3O2/c15-14-4-2-10(8-17-14)19-13-5-6-16-12-7-9(18)1-3-11(12)13/h1-8,18H,(H2,15,17). The SMILES string of the molecule is Nc1ccc(Oc2ccnc3cc(O)ccc23)cn1. The number of nitrogens with zero attached hydrogens (tertiary/aromatic N) is 2. The van der Waals surface area contributed by atoms with Crippen LogP contribution in [0, 0.1) is 0 Å². The van der Waals surface area contributed by atoms with Crippen LogP contribution in [0.25, 0.3) is 10.9 Å². The molecule has 0 bridgehead atoms. The fraction of sp³-hybridized carbons (Fsp3) is 0. The van der Waals surface area contributed by atoms with Gasteiger partial charge in [-0.3, -0.25) is 4.98 Å². The maximum Gasteiger partial charge on any atom is 0.145 e. The number of pyridine rings is 2. The molecule has 0 aliphatic carbocycles. The monoisotopic (exact) mass is 253 g/mol. The van der Waals surface area contributed by atoms with E-state index in [1.165, 1.54) is 0 Å². The molecule has 2 aromatic heterocycles. The lowest BCUT2D eigenvalue weighted by Crippen LogP contribution is -1.91. The topological polar surface area (TPSA) is 81.3 Å². The minimum absolute atomic E-state index is 0.173. The average Bonchev–Trinajstić information content (AvgIpc) is 2.41. The van der Waals surface area contributed by atoms with Crippen LogP contribution in [0.15, 0.2) is 48.8 Å². The first kappa shape index (κ1) is 11.3. The first-order chi connectivity index (χ1) is 9.22. The molecule has 0 aliphatic heterocycles. The fourth-order valence-corrected chi connectivity index (χ4v) is 1.78. The average molecular weight is 253 g/mol. The van der Waals surface area contributed by atoms with Gasteiger partial charge in [0.1, 0.15) is 23.1 Å². The van der Waals surface area contributed by atoms with Gasteiger partial charge in [-0.1, -0.05) is 0 Å². The Morgan fingerprint density at radius 2 is 1.95 bits per heavy atom. The predicted molar refractivity (Wildman–Crippen MR) is 72.1 cm³/mol. The van der Waals surface area contributed by atoms with E-state index in [9.17, 15) is 5.11 Å². The van der Waals surface area contributed by atoms with Crippen molar-refractivity contribution in [1.29, 1.82) is 0 Å². The third kappa shape index (κ3) is 2.26. The lowest BCUT2D eigenvalue weighted by molar-refractivity contribution is 0.475. The molecule has 3 aromatic rings. The second kappa shape index (κ2) is 4.45. The Hall–Kier alpha value is -2.82. The van der Waals surface area contributed by atoms with Crippen LogP contribution in [0.5, 0.6) is 17.2 Å². The summed E-state index contributed by atoms with van der Waals surface area (Å²) < 4.78 is 5.75. The second-order valence-corrected chi connectivity index (χ2v) is 4.03. The first-order valence-corrected chi connectivity index (χ1v) is 5.69. The maximum absolute atomic E-state index is 9.44. The van der Waals surface area contributed by atoms with E-state index in [-0.39, 0.29) is 5.75 Å². The van der Waals surface area contributed by atoms with E-state index in [1.54, 1.807) is 48.8 Å². The Morgan fingerprint density at radius 3 is 2.74 bits per heavy atom. The van der Waals surface area contributed by atoms with Gasteiger partial charge in [0.2, 0.25) is 0 Å². The van der Waals surface area contributed by atoms with Crippen molar-refractivity contribution in [3.05, 3.63) is 48.8 Å². The highest BCUT2D eigenvalue weighted by atomic mass is 16.5. The maximum atomic E-state index is 9.44. The van der Waals surface area contributed by atoms with E-state index in [2.05, 4.69) is 9.97 Å². The van der Waals surface area contributed by atoms with Crippen LogP contribution < -0.4 is 10.5 Å². The molecule has 19 heavy (non-hydrogen) atoms. The number of benzene rings is 1. The second-order valence-electron chi connectivity index (χ2n) is 4.03. The number of nitrogens with two attached hydrogens (primary N) is 1. The Balaban J connectivity index is 2.03. The normalized spacial score (nSPS) is 10.5. The molecule has 1 aromatic carbocycles. The minimum Gasteiger partial charge on any atom is -0.508 e. The fourth-order valence-electron chi connectivity index (χ4n) is 1.78. The molecule has 3 rings (SSSR count). The van der Waals surface area contributed by atoms with Gasteiger partial charge in [0.15, 0.2) is 0 Å². The molecule has 5 heteroatoms. The van der Waals surface area contributed by atoms with Crippen LogP contribution in [-0.2, 0) is 0 Å². The molecule has 0 atom stereocenters. The summed E-state index contributed by atoms with van der Waals surface area (Å²) in [5.41, 5.74) is 6.19. The number of aromatic hydroxyl groups is 1. The zero-order valence-electron chi connectivity index (χ0n) is 9.95. The summed E-state index contributed by atoms with van der Waals surface area (Å²) in [5.74, 6) is 1.86. The number of hydrogen-bond acceptors (Lipinski definition) is 5. The van der Waals surface area contributed by atoms with Gasteiger partial charge in [-0.25, -0.2) is 4.98 Å². The Labute approximate surface area is 109 Å². The van der Waals surface area contributed by atoms with Gasteiger partial charge in [0, 0.05) is 17.6 Å². The van der Waals surface area contributed by atoms with Crippen molar-refractivity contribution in [3.63, 3.8) is 0 Å². The highest BCUT2D eigenvalue weighted by Crippen LogP contribution is 2.30. The van der Waals surface area contributed by atoms with Gasteiger partial charge in [-0.15, -0.1) is 0 Å². The predicted octanol–water partition coefficient (Wildman–Crippen LogP) is 2.71. The van der Waals surface area contributed by atoms with E-state index in [0.29, 0.717) is 22.8 Å². The molecular formula is C14H11N3O2. The highest BCUT2D eigenvalue weighted by Gasteiger charge is 2.05. The quantitative estimate of drug-likeness (QED) is 0.733. The molecule has 0 saturated carbocycles. The van der Waals surface area contributed by atoms with Crippen molar-refractivity contribution in [2.24, 2.45) is 0 Å². The number of aromatic nitrogens is 2. The molecule has 0 saturated heterocycles. The van der Waals surface area contributed by atoms with Crippen LogP contribution >= 0.6 is 0 Å². The van der Waals surface area contributed by atoms with Gasteiger partial charge in [-0.2, -0.15) is 0 Å². The highest BCUT2D eigenvalue weighted by molar-refractivity contribution is 5.86. The number of phenols is 1. The number of nitrogen functional groups attached to an aromatic ring is 1. The molecular weight excluding hydrogens is 242 g/mol. The lowest BCUT2D eigenvalue weighted by Gasteiger charge is -2.08. The molecule has 0 fully saturated rings. The summed E-state index contributed by atoms with van der Waals surface area (Å²) in [6.45, 7) is 0.